The van der Waals surface area contributed by atoms with Crippen molar-refractivity contribution in [3.8, 4) is 5.69 Å². The fraction of sp³-hybridized carbons (Fsp3) is 0. The number of ketones is 1. The molecule has 3 aromatic rings. The van der Waals surface area contributed by atoms with Crippen molar-refractivity contribution in [1.82, 2.24) is 15.0 Å². The van der Waals surface area contributed by atoms with E-state index < -0.39 is 0 Å². The van der Waals surface area contributed by atoms with Gasteiger partial charge in [0, 0.05) is 5.56 Å². The van der Waals surface area contributed by atoms with Crippen molar-refractivity contribution in [3.05, 3.63) is 76.0 Å². The number of hydrogen-bond donors (Lipinski definition) is 0. The van der Waals surface area contributed by atoms with Gasteiger partial charge in [-0.05, 0) is 24.3 Å². The Kier molecular flexibility index (Phi) is 3.73. The monoisotopic (exact) mass is 317 g/mol. The second-order valence-electron chi connectivity index (χ2n) is 4.29. The Labute approximate surface area is 130 Å². The lowest BCUT2D eigenvalue weighted by Gasteiger charge is -2.02. The van der Waals surface area contributed by atoms with Crippen LogP contribution in [0.25, 0.3) is 5.69 Å². The van der Waals surface area contributed by atoms with Crippen molar-refractivity contribution in [2.75, 3.05) is 0 Å². The van der Waals surface area contributed by atoms with Crippen LogP contribution in [0.1, 0.15) is 16.1 Å². The Bertz CT molecular complexity index is 800. The molecular weight excluding hydrogens is 309 g/mol. The first-order valence-electron chi connectivity index (χ1n) is 6.13. The molecule has 0 aliphatic rings. The van der Waals surface area contributed by atoms with Crippen molar-refractivity contribution in [3.63, 3.8) is 0 Å². The Morgan fingerprint density at radius 1 is 1.00 bits per heavy atom. The molecule has 21 heavy (non-hydrogen) atoms. The number of nitrogens with zero attached hydrogens (tertiary/aromatic N) is 3. The molecule has 0 N–H and O–H groups in total. The van der Waals surface area contributed by atoms with Gasteiger partial charge in [0.05, 0.1) is 21.9 Å². The Morgan fingerprint density at radius 2 is 1.76 bits per heavy atom. The molecule has 0 atom stereocenters. The van der Waals surface area contributed by atoms with Gasteiger partial charge in [-0.15, -0.1) is 5.10 Å². The third-order valence-corrected chi connectivity index (χ3v) is 3.73. The highest BCUT2D eigenvalue weighted by molar-refractivity contribution is 6.44. The van der Waals surface area contributed by atoms with Gasteiger partial charge in [-0.2, -0.15) is 9.90 Å². The van der Waals surface area contributed by atoms with Gasteiger partial charge >= 0.3 is 0 Å². The van der Waals surface area contributed by atoms with Gasteiger partial charge in [-0.3, -0.25) is 4.79 Å². The van der Waals surface area contributed by atoms with Gasteiger partial charge in [-0.1, -0.05) is 47.5 Å². The van der Waals surface area contributed by atoms with E-state index in [2.05, 4.69) is 10.2 Å². The molecule has 1 heterocycles. The van der Waals surface area contributed by atoms with E-state index in [0.29, 0.717) is 10.6 Å². The van der Waals surface area contributed by atoms with Crippen molar-refractivity contribution < 1.29 is 4.79 Å². The van der Waals surface area contributed by atoms with Crippen LogP contribution in [0.15, 0.2) is 54.7 Å². The normalized spacial score (nSPS) is 10.6. The fourth-order valence-corrected chi connectivity index (χ4v) is 2.26. The first-order valence-corrected chi connectivity index (χ1v) is 6.89. The summed E-state index contributed by atoms with van der Waals surface area (Å²) in [6.07, 6.45) is 1.41. The van der Waals surface area contributed by atoms with Crippen LogP contribution in [0.5, 0.6) is 0 Å². The fourth-order valence-electron chi connectivity index (χ4n) is 1.87. The van der Waals surface area contributed by atoms with E-state index in [9.17, 15) is 4.79 Å². The molecule has 104 valence electrons. The molecule has 6 heteroatoms. The third-order valence-electron chi connectivity index (χ3n) is 2.91. The van der Waals surface area contributed by atoms with Crippen LogP contribution in [-0.2, 0) is 0 Å². The molecule has 0 radical (unpaired) electrons. The number of halogens is 2. The minimum absolute atomic E-state index is 0.211. The summed E-state index contributed by atoms with van der Waals surface area (Å²) in [6, 6.07) is 14.2. The quantitative estimate of drug-likeness (QED) is 0.690. The summed E-state index contributed by atoms with van der Waals surface area (Å²) < 4.78 is 0. The predicted molar refractivity (Wildman–Crippen MR) is 81.3 cm³/mol. The van der Waals surface area contributed by atoms with Crippen molar-refractivity contribution >= 4 is 29.0 Å². The minimum Gasteiger partial charge on any atom is -0.287 e. The van der Waals surface area contributed by atoms with Crippen LogP contribution in [0.4, 0.5) is 0 Å². The summed E-state index contributed by atoms with van der Waals surface area (Å²) in [7, 11) is 0. The molecule has 3 rings (SSSR count). The maximum absolute atomic E-state index is 12.4. The van der Waals surface area contributed by atoms with Crippen molar-refractivity contribution in [2.45, 2.75) is 0 Å². The summed E-state index contributed by atoms with van der Waals surface area (Å²) in [5, 5.41) is 8.83. The molecule has 0 spiro atoms. The number of hydrogen-bond acceptors (Lipinski definition) is 3. The molecular formula is C15H9Cl2N3O. The van der Waals surface area contributed by atoms with Gasteiger partial charge in [0.1, 0.15) is 0 Å². The minimum atomic E-state index is -0.315. The molecule has 0 saturated carbocycles. The number of benzene rings is 2. The standard InChI is InChI=1S/C15H9Cl2N3O/c16-12-8-4-7-11(14(12)17)15(21)13-9-18-20(19-13)10-5-2-1-3-6-10/h1-9H. The molecule has 0 aliphatic heterocycles. The van der Waals surface area contributed by atoms with Crippen LogP contribution in [0.2, 0.25) is 10.0 Å². The molecule has 0 fully saturated rings. The summed E-state index contributed by atoms with van der Waals surface area (Å²) in [5.41, 5.74) is 1.29. The van der Waals surface area contributed by atoms with Gasteiger partial charge in [-0.25, -0.2) is 0 Å². The van der Waals surface area contributed by atoms with Crippen LogP contribution < -0.4 is 0 Å². The molecule has 1 aromatic heterocycles. The molecule has 2 aromatic carbocycles. The number of rotatable bonds is 3. The third kappa shape index (κ3) is 2.68. The highest BCUT2D eigenvalue weighted by Gasteiger charge is 2.18. The average Bonchev–Trinajstić information content (AvgIpc) is 3.00. The Hall–Kier alpha value is -2.17. The number of carbonyl (C=O) groups excluding carboxylic acids is 1. The second kappa shape index (κ2) is 5.68. The maximum atomic E-state index is 12.4. The molecule has 0 amide bonds. The molecule has 0 bridgehead atoms. The highest BCUT2D eigenvalue weighted by atomic mass is 35.5. The van der Waals surface area contributed by atoms with Crippen molar-refractivity contribution in [1.29, 1.82) is 0 Å². The zero-order valence-corrected chi connectivity index (χ0v) is 12.2. The zero-order valence-electron chi connectivity index (χ0n) is 10.7. The van der Waals surface area contributed by atoms with Crippen molar-refractivity contribution in [2.24, 2.45) is 0 Å². The first-order chi connectivity index (χ1) is 10.2. The largest absolute Gasteiger partial charge is 0.287 e. The average molecular weight is 318 g/mol. The smallest absolute Gasteiger partial charge is 0.216 e. The lowest BCUT2D eigenvalue weighted by Crippen LogP contribution is -2.05. The lowest BCUT2D eigenvalue weighted by molar-refractivity contribution is 0.103. The van der Waals surface area contributed by atoms with Crippen LogP contribution in [0.3, 0.4) is 0 Å². The van der Waals surface area contributed by atoms with Crippen LogP contribution in [-0.4, -0.2) is 20.8 Å². The zero-order chi connectivity index (χ0) is 14.8. The van der Waals surface area contributed by atoms with Gasteiger partial charge in [0.15, 0.2) is 5.69 Å². The maximum Gasteiger partial charge on any atom is 0.216 e. The Balaban J connectivity index is 1.97. The van der Waals surface area contributed by atoms with Gasteiger partial charge < -0.3 is 0 Å². The van der Waals surface area contributed by atoms with E-state index in [4.69, 9.17) is 23.2 Å². The van der Waals surface area contributed by atoms with Gasteiger partial charge in [0.2, 0.25) is 5.78 Å². The Morgan fingerprint density at radius 3 is 2.52 bits per heavy atom. The molecule has 0 aliphatic carbocycles. The number of para-hydroxylation sites is 1. The van der Waals surface area contributed by atoms with E-state index in [1.807, 2.05) is 30.3 Å². The number of carbonyl (C=O) groups is 1. The van der Waals surface area contributed by atoms with Crippen LogP contribution >= 0.6 is 23.2 Å². The number of aromatic nitrogens is 3. The predicted octanol–water partition coefficient (Wildman–Crippen LogP) is 3.81. The van der Waals surface area contributed by atoms with Gasteiger partial charge in [0.25, 0.3) is 0 Å². The summed E-state index contributed by atoms with van der Waals surface area (Å²) in [4.78, 5) is 13.8. The topological polar surface area (TPSA) is 47.8 Å². The van der Waals surface area contributed by atoms with Crippen LogP contribution in [0, 0.1) is 0 Å². The molecule has 0 saturated heterocycles. The highest BCUT2D eigenvalue weighted by Crippen LogP contribution is 2.27. The first kappa shape index (κ1) is 13.8. The van der Waals surface area contributed by atoms with E-state index in [1.54, 1.807) is 18.2 Å². The van der Waals surface area contributed by atoms with E-state index >= 15 is 0 Å². The van der Waals surface area contributed by atoms with E-state index in [0.717, 1.165) is 5.69 Å². The molecule has 4 nitrogen and oxygen atoms in total. The van der Waals surface area contributed by atoms with E-state index in [-0.39, 0.29) is 16.5 Å². The second-order valence-corrected chi connectivity index (χ2v) is 5.07. The summed E-state index contributed by atoms with van der Waals surface area (Å²) in [5.74, 6) is -0.315. The molecule has 0 unspecified atom stereocenters. The van der Waals surface area contributed by atoms with E-state index in [1.165, 1.54) is 11.0 Å². The summed E-state index contributed by atoms with van der Waals surface area (Å²) >= 11 is 12.0. The summed E-state index contributed by atoms with van der Waals surface area (Å²) in [6.45, 7) is 0. The lowest BCUT2D eigenvalue weighted by atomic mass is 10.1. The SMILES string of the molecule is O=C(c1cnn(-c2ccccc2)n1)c1cccc(Cl)c1Cl.